The van der Waals surface area contributed by atoms with Crippen LogP contribution in [0.3, 0.4) is 0 Å². The van der Waals surface area contributed by atoms with E-state index in [1.54, 1.807) is 6.92 Å². The monoisotopic (exact) mass is 660 g/mol. The third-order valence-electron chi connectivity index (χ3n) is 11.6. The first-order chi connectivity index (χ1) is 23.5. The Balaban J connectivity index is 1.17. The SMILES string of the molecule is CCCCCCCCCCCCCCC(=O)OC(C)OC(C(=O)OC1CC2CCC(C1)[N+]21CCCC1)(c1ccccc1)c1ccccc1. The second-order valence-corrected chi connectivity index (χ2v) is 14.9. The molecule has 3 fully saturated rings. The fraction of sp³-hybridized carbons (Fsp3) is 0.667. The molecule has 0 aromatic heterocycles. The molecule has 0 radical (unpaired) electrons. The fourth-order valence-electron chi connectivity index (χ4n) is 9.10. The fourth-order valence-corrected chi connectivity index (χ4v) is 9.10. The highest BCUT2D eigenvalue weighted by Gasteiger charge is 2.57. The molecule has 0 N–H and O–H groups in total. The van der Waals surface area contributed by atoms with E-state index in [1.165, 1.54) is 101 Å². The van der Waals surface area contributed by atoms with Gasteiger partial charge < -0.3 is 18.7 Å². The Bertz CT molecular complexity index is 1190. The largest absolute Gasteiger partial charge is 0.459 e. The van der Waals surface area contributed by atoms with Gasteiger partial charge in [-0.15, -0.1) is 0 Å². The van der Waals surface area contributed by atoms with Crippen molar-refractivity contribution in [1.29, 1.82) is 0 Å². The summed E-state index contributed by atoms with van der Waals surface area (Å²) in [7, 11) is 0. The van der Waals surface area contributed by atoms with E-state index in [0.29, 0.717) is 29.6 Å². The predicted molar refractivity (Wildman–Crippen MR) is 191 cm³/mol. The highest BCUT2D eigenvalue weighted by atomic mass is 16.7. The molecule has 6 heteroatoms. The maximum Gasteiger partial charge on any atom is 0.348 e. The lowest BCUT2D eigenvalue weighted by atomic mass is 9.85. The molecule has 3 heterocycles. The molecular weight excluding hydrogens is 598 g/mol. The summed E-state index contributed by atoms with van der Waals surface area (Å²) in [5.41, 5.74) is -0.215. The van der Waals surface area contributed by atoms with Crippen LogP contribution in [0.25, 0.3) is 0 Å². The summed E-state index contributed by atoms with van der Waals surface area (Å²) in [4.78, 5) is 27.6. The van der Waals surface area contributed by atoms with Crippen molar-refractivity contribution in [3.63, 3.8) is 0 Å². The minimum Gasteiger partial charge on any atom is -0.459 e. The first kappa shape index (κ1) is 36.6. The Morgan fingerprint density at radius 3 is 1.71 bits per heavy atom. The van der Waals surface area contributed by atoms with E-state index in [2.05, 4.69) is 6.92 Å². The summed E-state index contributed by atoms with van der Waals surface area (Å²) in [5, 5.41) is 0. The zero-order valence-corrected chi connectivity index (χ0v) is 29.9. The molecule has 0 amide bonds. The molecule has 3 unspecified atom stereocenters. The van der Waals surface area contributed by atoms with Gasteiger partial charge in [0.25, 0.3) is 0 Å². The van der Waals surface area contributed by atoms with Gasteiger partial charge in [0.05, 0.1) is 25.2 Å². The molecule has 3 aliphatic rings. The van der Waals surface area contributed by atoms with Crippen LogP contribution in [0.4, 0.5) is 0 Å². The highest BCUT2D eigenvalue weighted by Crippen LogP contribution is 2.47. The number of unbranched alkanes of at least 4 members (excludes halogenated alkanes) is 11. The molecule has 5 rings (SSSR count). The summed E-state index contributed by atoms with van der Waals surface area (Å²) in [6, 6.07) is 20.3. The molecule has 2 bridgehead atoms. The first-order valence-corrected chi connectivity index (χ1v) is 19.5. The van der Waals surface area contributed by atoms with Gasteiger partial charge in [-0.05, 0) is 24.5 Å². The van der Waals surface area contributed by atoms with E-state index in [4.69, 9.17) is 14.2 Å². The highest BCUT2D eigenvalue weighted by molar-refractivity contribution is 5.86. The smallest absolute Gasteiger partial charge is 0.348 e. The summed E-state index contributed by atoms with van der Waals surface area (Å²) in [6.07, 6.45) is 21.1. The van der Waals surface area contributed by atoms with Gasteiger partial charge in [-0.25, -0.2) is 4.79 Å². The van der Waals surface area contributed by atoms with Crippen molar-refractivity contribution in [3.8, 4) is 0 Å². The van der Waals surface area contributed by atoms with Crippen LogP contribution in [0.1, 0.15) is 147 Å². The third kappa shape index (κ3) is 9.09. The van der Waals surface area contributed by atoms with Crippen LogP contribution in [0.2, 0.25) is 0 Å². The lowest BCUT2D eigenvalue weighted by molar-refractivity contribution is -0.956. The standard InChI is InChI=1S/C42H62NO5/c1-3-4-5-6-7-8-9-10-11-12-13-20-27-40(44)46-34(2)48-42(35-23-16-14-17-24-35,36-25-18-15-19-26-36)41(45)47-39-32-37-28-29-38(33-39)43(37)30-21-22-31-43/h14-19,23-26,34,37-39H,3-13,20-22,27-33H2,1-2H3/q+1. The Morgan fingerprint density at radius 2 is 1.21 bits per heavy atom. The molecule has 264 valence electrons. The molecule has 3 aliphatic heterocycles. The summed E-state index contributed by atoms with van der Waals surface area (Å²) >= 11 is 0. The van der Waals surface area contributed by atoms with Crippen LogP contribution in [0.5, 0.6) is 0 Å². The average molecular weight is 661 g/mol. The number of benzene rings is 2. The van der Waals surface area contributed by atoms with E-state index >= 15 is 0 Å². The van der Waals surface area contributed by atoms with E-state index in [9.17, 15) is 9.59 Å². The number of nitrogens with zero attached hydrogens (tertiary/aromatic N) is 1. The number of piperidine rings is 1. The van der Waals surface area contributed by atoms with Gasteiger partial charge in [-0.3, -0.25) is 4.79 Å². The molecule has 2 aromatic rings. The second kappa shape index (κ2) is 18.3. The van der Waals surface area contributed by atoms with Crippen molar-refractivity contribution >= 4 is 11.9 Å². The van der Waals surface area contributed by atoms with Crippen molar-refractivity contribution in [2.24, 2.45) is 0 Å². The molecular formula is C42H62NO5+. The van der Waals surface area contributed by atoms with Gasteiger partial charge >= 0.3 is 11.9 Å². The summed E-state index contributed by atoms with van der Waals surface area (Å²) < 4.78 is 20.2. The quantitative estimate of drug-likeness (QED) is 0.0613. The van der Waals surface area contributed by atoms with E-state index in [-0.39, 0.29) is 12.1 Å². The molecule has 0 aliphatic carbocycles. The molecule has 48 heavy (non-hydrogen) atoms. The van der Waals surface area contributed by atoms with E-state index in [0.717, 1.165) is 32.1 Å². The molecule has 3 atom stereocenters. The minimum absolute atomic E-state index is 0.140. The maximum atomic E-state index is 14.6. The van der Waals surface area contributed by atoms with Crippen LogP contribution < -0.4 is 0 Å². The van der Waals surface area contributed by atoms with Gasteiger partial charge in [0.15, 0.2) is 0 Å². The van der Waals surface area contributed by atoms with Crippen LogP contribution in [0, 0.1) is 0 Å². The topological polar surface area (TPSA) is 61.8 Å². The number of ether oxygens (including phenoxy) is 3. The Kier molecular flexibility index (Phi) is 14.0. The third-order valence-corrected chi connectivity index (χ3v) is 11.6. The van der Waals surface area contributed by atoms with E-state index < -0.39 is 17.9 Å². The van der Waals surface area contributed by atoms with Crippen molar-refractivity contribution in [2.75, 3.05) is 13.1 Å². The Labute approximate surface area is 290 Å². The summed E-state index contributed by atoms with van der Waals surface area (Å²) in [6.45, 7) is 6.53. The normalized spacial score (nSPS) is 22.1. The van der Waals surface area contributed by atoms with Gasteiger partial charge in [-0.2, -0.15) is 0 Å². The first-order valence-electron chi connectivity index (χ1n) is 19.5. The zero-order chi connectivity index (χ0) is 33.7. The molecule has 2 aromatic carbocycles. The van der Waals surface area contributed by atoms with Gasteiger partial charge in [0.1, 0.15) is 6.10 Å². The second-order valence-electron chi connectivity index (χ2n) is 14.9. The minimum atomic E-state index is -1.56. The number of hydrogen-bond acceptors (Lipinski definition) is 5. The molecule has 0 saturated carbocycles. The number of esters is 2. The Hall–Kier alpha value is -2.70. The van der Waals surface area contributed by atoms with Gasteiger partial charge in [0, 0.05) is 44.9 Å². The van der Waals surface area contributed by atoms with Crippen LogP contribution in [-0.4, -0.2) is 54.0 Å². The van der Waals surface area contributed by atoms with Gasteiger partial charge in [0.2, 0.25) is 11.9 Å². The molecule has 6 nitrogen and oxygen atoms in total. The average Bonchev–Trinajstić information content (AvgIpc) is 3.64. The number of rotatable bonds is 20. The van der Waals surface area contributed by atoms with Crippen molar-refractivity contribution in [1.82, 2.24) is 0 Å². The number of quaternary nitrogens is 1. The lowest BCUT2D eigenvalue weighted by Gasteiger charge is -2.47. The van der Waals surface area contributed by atoms with Crippen molar-refractivity contribution in [2.45, 2.75) is 166 Å². The van der Waals surface area contributed by atoms with E-state index in [1.807, 2.05) is 60.7 Å². The summed E-state index contributed by atoms with van der Waals surface area (Å²) in [5.74, 6) is -0.718. The maximum absolute atomic E-state index is 14.6. The van der Waals surface area contributed by atoms with Gasteiger partial charge in [-0.1, -0.05) is 138 Å². The van der Waals surface area contributed by atoms with Crippen LogP contribution in [-0.2, 0) is 29.4 Å². The van der Waals surface area contributed by atoms with Crippen LogP contribution >= 0.6 is 0 Å². The van der Waals surface area contributed by atoms with Crippen LogP contribution in [0.15, 0.2) is 60.7 Å². The predicted octanol–water partition coefficient (Wildman–Crippen LogP) is 9.77. The zero-order valence-electron chi connectivity index (χ0n) is 29.9. The molecule has 3 saturated heterocycles. The van der Waals surface area contributed by atoms with Crippen molar-refractivity contribution < 1.29 is 28.3 Å². The Morgan fingerprint density at radius 1 is 0.729 bits per heavy atom. The number of carbonyl (C=O) groups is 2. The lowest BCUT2D eigenvalue weighted by Crippen LogP contribution is -2.60. The van der Waals surface area contributed by atoms with Crippen molar-refractivity contribution in [3.05, 3.63) is 71.8 Å². The number of hydrogen-bond donors (Lipinski definition) is 0. The number of carbonyl (C=O) groups excluding carboxylic acids is 2. The molecule has 1 spiro atoms.